The molecule has 4 amide bonds. The van der Waals surface area contributed by atoms with Crippen LogP contribution in [0.25, 0.3) is 11.1 Å². The highest BCUT2D eigenvalue weighted by Gasteiger charge is 2.35. The van der Waals surface area contributed by atoms with Crippen LogP contribution in [0.3, 0.4) is 0 Å². The predicted molar refractivity (Wildman–Crippen MR) is 140 cm³/mol. The number of rotatable bonds is 5. The zero-order chi connectivity index (χ0) is 25.6. The number of urea groups is 1. The second-order valence-electron chi connectivity index (χ2n) is 9.55. The molecule has 2 saturated heterocycles. The number of anilines is 3. The molecular weight excluding hydrogens is 454 g/mol. The van der Waals surface area contributed by atoms with Gasteiger partial charge in [0.05, 0.1) is 0 Å². The summed E-state index contributed by atoms with van der Waals surface area (Å²) >= 11 is 0. The molecule has 2 atom stereocenters. The molecule has 8 heteroatoms. The van der Waals surface area contributed by atoms with E-state index in [1.54, 1.807) is 40.3 Å². The zero-order valence-corrected chi connectivity index (χ0v) is 20.6. The van der Waals surface area contributed by atoms with Crippen molar-refractivity contribution in [3.8, 4) is 11.1 Å². The number of carbonyl (C=O) groups is 3. The minimum absolute atomic E-state index is 0.0421. The van der Waals surface area contributed by atoms with E-state index in [9.17, 15) is 14.4 Å². The summed E-state index contributed by atoms with van der Waals surface area (Å²) in [6.45, 7) is 6.97. The molecule has 2 N–H and O–H groups in total. The Kier molecular flexibility index (Phi) is 5.96. The quantitative estimate of drug-likeness (QED) is 0.583. The molecule has 2 aliphatic rings. The first-order valence-electron chi connectivity index (χ1n) is 12.1. The van der Waals surface area contributed by atoms with Crippen LogP contribution in [0, 0.1) is 12.8 Å². The molecular formula is C28H29N5O3. The molecule has 2 fully saturated rings. The highest BCUT2D eigenvalue weighted by molar-refractivity contribution is 6.07. The van der Waals surface area contributed by atoms with Crippen LogP contribution in [0.5, 0.6) is 0 Å². The third-order valence-electron chi connectivity index (χ3n) is 7.14. The summed E-state index contributed by atoms with van der Waals surface area (Å²) < 4.78 is 0. The molecule has 0 unspecified atom stereocenters. The molecule has 3 aromatic rings. The van der Waals surface area contributed by atoms with Crippen molar-refractivity contribution in [2.24, 2.45) is 11.7 Å². The SMILES string of the molecule is Cc1c(-c2ccc(N3C(=O)[C@H](C)C[C@H]3C)cc2)ccnc1N1CCN(c2cccc(C(N)=O)c2)C1=O. The van der Waals surface area contributed by atoms with Crippen LogP contribution >= 0.6 is 0 Å². The van der Waals surface area contributed by atoms with Gasteiger partial charge in [0.1, 0.15) is 5.82 Å². The molecule has 0 spiro atoms. The van der Waals surface area contributed by atoms with Gasteiger partial charge in [-0.05, 0) is 73.4 Å². The average Bonchev–Trinajstić information content (AvgIpc) is 3.37. The predicted octanol–water partition coefficient (Wildman–Crippen LogP) is 4.36. The number of primary amides is 1. The summed E-state index contributed by atoms with van der Waals surface area (Å²) in [7, 11) is 0. The minimum Gasteiger partial charge on any atom is -0.366 e. The van der Waals surface area contributed by atoms with Gasteiger partial charge in [-0.25, -0.2) is 9.78 Å². The van der Waals surface area contributed by atoms with Crippen molar-refractivity contribution in [1.29, 1.82) is 0 Å². The topological polar surface area (TPSA) is 99.8 Å². The van der Waals surface area contributed by atoms with E-state index in [0.717, 1.165) is 28.8 Å². The number of hydrogen-bond donors (Lipinski definition) is 1. The molecule has 3 heterocycles. The third kappa shape index (κ3) is 3.98. The summed E-state index contributed by atoms with van der Waals surface area (Å²) in [5.41, 5.74) is 10.2. The number of hydrogen-bond acceptors (Lipinski definition) is 4. The van der Waals surface area contributed by atoms with Crippen LogP contribution < -0.4 is 20.4 Å². The van der Waals surface area contributed by atoms with Gasteiger partial charge in [0.25, 0.3) is 0 Å². The maximum Gasteiger partial charge on any atom is 0.330 e. The van der Waals surface area contributed by atoms with Crippen LogP contribution in [0.1, 0.15) is 36.2 Å². The standard InChI is InChI=1S/C28H29N5O3/c1-17-15-18(2)33(27(17)35)22-9-7-20(8-10-22)24-11-12-30-26(19(24)3)32-14-13-31(28(32)36)23-6-4-5-21(16-23)25(29)34/h4-12,16-18H,13-15H2,1-3H3,(H2,29,34)/t17-,18-/m1/s1. The fraction of sp³-hybridized carbons (Fsp3) is 0.286. The summed E-state index contributed by atoms with van der Waals surface area (Å²) in [6.07, 6.45) is 2.57. The molecule has 36 heavy (non-hydrogen) atoms. The van der Waals surface area contributed by atoms with Crippen molar-refractivity contribution in [2.45, 2.75) is 33.2 Å². The van der Waals surface area contributed by atoms with E-state index in [1.165, 1.54) is 0 Å². The van der Waals surface area contributed by atoms with Gasteiger partial charge in [-0.15, -0.1) is 0 Å². The minimum atomic E-state index is -0.533. The van der Waals surface area contributed by atoms with Crippen molar-refractivity contribution >= 4 is 35.0 Å². The van der Waals surface area contributed by atoms with E-state index in [0.29, 0.717) is 30.2 Å². The lowest BCUT2D eigenvalue weighted by molar-refractivity contribution is -0.120. The molecule has 1 aromatic heterocycles. The van der Waals surface area contributed by atoms with Crippen LogP contribution in [0.15, 0.2) is 60.8 Å². The van der Waals surface area contributed by atoms with E-state index in [-0.39, 0.29) is 23.9 Å². The smallest absolute Gasteiger partial charge is 0.330 e. The monoisotopic (exact) mass is 483 g/mol. The lowest BCUT2D eigenvalue weighted by atomic mass is 10.0. The first-order valence-corrected chi connectivity index (χ1v) is 12.1. The van der Waals surface area contributed by atoms with Gasteiger partial charge in [0.2, 0.25) is 11.8 Å². The molecule has 2 aliphatic heterocycles. The molecule has 5 rings (SSSR count). The second kappa shape index (κ2) is 9.11. The molecule has 0 aliphatic carbocycles. The fourth-order valence-corrected chi connectivity index (χ4v) is 5.27. The molecule has 184 valence electrons. The Hall–Kier alpha value is -4.20. The normalized spacial score (nSPS) is 19.9. The van der Waals surface area contributed by atoms with Gasteiger partial charge in [0, 0.05) is 48.2 Å². The van der Waals surface area contributed by atoms with Gasteiger partial charge < -0.3 is 10.6 Å². The summed E-state index contributed by atoms with van der Waals surface area (Å²) in [5, 5.41) is 0. The van der Waals surface area contributed by atoms with Crippen LogP contribution in [0.2, 0.25) is 0 Å². The zero-order valence-electron chi connectivity index (χ0n) is 20.6. The molecule has 0 bridgehead atoms. The lowest BCUT2D eigenvalue weighted by Crippen LogP contribution is -2.32. The fourth-order valence-electron chi connectivity index (χ4n) is 5.27. The van der Waals surface area contributed by atoms with Gasteiger partial charge in [-0.2, -0.15) is 0 Å². The maximum atomic E-state index is 13.3. The number of carbonyl (C=O) groups excluding carboxylic acids is 3. The molecule has 2 aromatic carbocycles. The summed E-state index contributed by atoms with van der Waals surface area (Å²) in [5.74, 6) is 0.276. The summed E-state index contributed by atoms with van der Waals surface area (Å²) in [4.78, 5) is 47.2. The van der Waals surface area contributed by atoms with E-state index < -0.39 is 5.91 Å². The van der Waals surface area contributed by atoms with Crippen molar-refractivity contribution < 1.29 is 14.4 Å². The first-order chi connectivity index (χ1) is 17.3. The van der Waals surface area contributed by atoms with E-state index >= 15 is 0 Å². The number of aromatic nitrogens is 1. The Labute approximate surface area is 210 Å². The van der Waals surface area contributed by atoms with Crippen molar-refractivity contribution in [1.82, 2.24) is 4.98 Å². The average molecular weight is 484 g/mol. The third-order valence-corrected chi connectivity index (χ3v) is 7.14. The largest absolute Gasteiger partial charge is 0.366 e. The maximum absolute atomic E-state index is 13.3. The molecule has 0 radical (unpaired) electrons. The Morgan fingerprint density at radius 2 is 1.69 bits per heavy atom. The van der Waals surface area contributed by atoms with Crippen molar-refractivity contribution in [2.75, 3.05) is 27.8 Å². The van der Waals surface area contributed by atoms with Crippen molar-refractivity contribution in [3.05, 3.63) is 71.9 Å². The van der Waals surface area contributed by atoms with Gasteiger partial charge >= 0.3 is 6.03 Å². The molecule has 8 nitrogen and oxygen atoms in total. The Morgan fingerprint density at radius 1 is 0.972 bits per heavy atom. The van der Waals surface area contributed by atoms with Crippen LogP contribution in [0.4, 0.5) is 22.0 Å². The number of amides is 4. The first kappa shape index (κ1) is 23.5. The highest BCUT2D eigenvalue weighted by atomic mass is 16.2. The Balaban J connectivity index is 1.40. The van der Waals surface area contributed by atoms with E-state index in [2.05, 4.69) is 11.9 Å². The van der Waals surface area contributed by atoms with Gasteiger partial charge in [0.15, 0.2) is 0 Å². The number of nitrogens with zero attached hydrogens (tertiary/aromatic N) is 4. The van der Waals surface area contributed by atoms with Crippen LogP contribution in [-0.4, -0.2) is 42.0 Å². The number of nitrogens with two attached hydrogens (primary N) is 1. The summed E-state index contributed by atoms with van der Waals surface area (Å²) in [6, 6.07) is 16.7. The van der Waals surface area contributed by atoms with Crippen molar-refractivity contribution in [3.63, 3.8) is 0 Å². The highest BCUT2D eigenvalue weighted by Crippen LogP contribution is 2.35. The lowest BCUT2D eigenvalue weighted by Gasteiger charge is -2.23. The van der Waals surface area contributed by atoms with Gasteiger partial charge in [-0.3, -0.25) is 19.4 Å². The second-order valence-corrected chi connectivity index (χ2v) is 9.55. The number of benzene rings is 2. The van der Waals surface area contributed by atoms with E-state index in [1.807, 2.05) is 49.1 Å². The molecule has 0 saturated carbocycles. The Morgan fingerprint density at radius 3 is 2.36 bits per heavy atom. The van der Waals surface area contributed by atoms with Gasteiger partial charge in [-0.1, -0.05) is 25.1 Å². The van der Waals surface area contributed by atoms with Crippen LogP contribution in [-0.2, 0) is 4.79 Å². The number of pyridine rings is 1. The Bertz CT molecular complexity index is 1350. The van der Waals surface area contributed by atoms with E-state index in [4.69, 9.17) is 5.73 Å².